The minimum atomic E-state index is -0.0181. The summed E-state index contributed by atoms with van der Waals surface area (Å²) in [6.07, 6.45) is 3.09. The van der Waals surface area contributed by atoms with Crippen molar-refractivity contribution in [2.24, 2.45) is 0 Å². The van der Waals surface area contributed by atoms with Crippen molar-refractivity contribution in [3.63, 3.8) is 0 Å². The summed E-state index contributed by atoms with van der Waals surface area (Å²) in [5.41, 5.74) is 7.20. The van der Waals surface area contributed by atoms with E-state index in [-0.39, 0.29) is 5.91 Å². The first-order chi connectivity index (χ1) is 7.16. The van der Waals surface area contributed by atoms with Gasteiger partial charge in [0.2, 0.25) is 0 Å². The Morgan fingerprint density at radius 1 is 1.67 bits per heavy atom. The number of nitrogen functional groups attached to an aromatic ring is 1. The van der Waals surface area contributed by atoms with E-state index in [2.05, 4.69) is 11.1 Å². The Balaban J connectivity index is 2.12. The first kappa shape index (κ1) is 10.2. The number of nitrogens with zero attached hydrogens (tertiary/aromatic N) is 2. The Morgan fingerprint density at radius 2 is 2.47 bits per heavy atom. The molecule has 1 aliphatic rings. The number of amides is 1. The molecule has 80 valence electrons. The quantitative estimate of drug-likeness (QED) is 0.734. The van der Waals surface area contributed by atoms with Crippen molar-refractivity contribution in [3.8, 4) is 0 Å². The van der Waals surface area contributed by atoms with Gasteiger partial charge in [-0.15, -0.1) is 11.3 Å². The van der Waals surface area contributed by atoms with E-state index in [9.17, 15) is 4.79 Å². The molecule has 0 spiro atoms. The molecule has 0 radical (unpaired) electrons. The number of thiazole rings is 1. The van der Waals surface area contributed by atoms with Gasteiger partial charge in [0, 0.05) is 18.5 Å². The smallest absolute Gasteiger partial charge is 0.273 e. The molecule has 4 nitrogen and oxygen atoms in total. The van der Waals surface area contributed by atoms with Gasteiger partial charge in [0.15, 0.2) is 5.13 Å². The van der Waals surface area contributed by atoms with Gasteiger partial charge in [0.05, 0.1) is 0 Å². The van der Waals surface area contributed by atoms with Gasteiger partial charge in [-0.1, -0.05) is 11.6 Å². The van der Waals surface area contributed by atoms with Gasteiger partial charge in [-0.2, -0.15) is 0 Å². The lowest BCUT2D eigenvalue weighted by Gasteiger charge is -2.25. The van der Waals surface area contributed by atoms with Crippen molar-refractivity contribution < 1.29 is 4.79 Å². The van der Waals surface area contributed by atoms with Crippen LogP contribution in [0.3, 0.4) is 0 Å². The zero-order valence-electron chi connectivity index (χ0n) is 8.56. The van der Waals surface area contributed by atoms with Gasteiger partial charge in [-0.05, 0) is 13.3 Å². The number of hydrogen-bond donors (Lipinski definition) is 1. The van der Waals surface area contributed by atoms with Crippen LogP contribution < -0.4 is 5.73 Å². The van der Waals surface area contributed by atoms with Crippen LogP contribution in [0.15, 0.2) is 17.0 Å². The molecule has 0 aliphatic carbocycles. The molecule has 0 fully saturated rings. The lowest BCUT2D eigenvalue weighted by molar-refractivity contribution is 0.0761. The van der Waals surface area contributed by atoms with Crippen LogP contribution in [-0.2, 0) is 0 Å². The minimum Gasteiger partial charge on any atom is -0.375 e. The number of nitrogens with two attached hydrogens (primary N) is 1. The summed E-state index contributed by atoms with van der Waals surface area (Å²) >= 11 is 1.30. The van der Waals surface area contributed by atoms with E-state index in [1.165, 1.54) is 16.9 Å². The van der Waals surface area contributed by atoms with Crippen molar-refractivity contribution in [3.05, 3.63) is 22.7 Å². The second-order valence-electron chi connectivity index (χ2n) is 3.64. The number of hydrogen-bond acceptors (Lipinski definition) is 4. The summed E-state index contributed by atoms with van der Waals surface area (Å²) < 4.78 is 0. The lowest BCUT2D eigenvalue weighted by atomic mass is 10.1. The maximum Gasteiger partial charge on any atom is 0.273 e. The third kappa shape index (κ3) is 2.18. The summed E-state index contributed by atoms with van der Waals surface area (Å²) in [5.74, 6) is -0.0181. The molecule has 0 bridgehead atoms. The molecule has 5 heteroatoms. The zero-order valence-corrected chi connectivity index (χ0v) is 9.38. The van der Waals surface area contributed by atoms with Gasteiger partial charge in [-0.25, -0.2) is 4.98 Å². The number of rotatable bonds is 1. The summed E-state index contributed by atoms with van der Waals surface area (Å²) in [7, 11) is 0. The fourth-order valence-electron chi connectivity index (χ4n) is 1.63. The molecular weight excluding hydrogens is 210 g/mol. The molecule has 15 heavy (non-hydrogen) atoms. The highest BCUT2D eigenvalue weighted by atomic mass is 32.1. The lowest BCUT2D eigenvalue weighted by Crippen LogP contribution is -2.35. The number of anilines is 1. The van der Waals surface area contributed by atoms with Crippen molar-refractivity contribution >= 4 is 22.4 Å². The van der Waals surface area contributed by atoms with E-state index >= 15 is 0 Å². The van der Waals surface area contributed by atoms with E-state index < -0.39 is 0 Å². The number of aromatic nitrogens is 1. The highest BCUT2D eigenvalue weighted by molar-refractivity contribution is 7.13. The molecule has 1 aromatic rings. The summed E-state index contributed by atoms with van der Waals surface area (Å²) in [6, 6.07) is 0. The van der Waals surface area contributed by atoms with E-state index in [1.54, 1.807) is 5.38 Å². The van der Waals surface area contributed by atoms with Crippen molar-refractivity contribution in [2.45, 2.75) is 13.3 Å². The highest BCUT2D eigenvalue weighted by Gasteiger charge is 2.19. The van der Waals surface area contributed by atoms with E-state index in [1.807, 2.05) is 11.8 Å². The Morgan fingerprint density at radius 3 is 3.07 bits per heavy atom. The Bertz CT molecular complexity index is 411. The second-order valence-corrected chi connectivity index (χ2v) is 4.53. The molecule has 1 aromatic heterocycles. The Hall–Kier alpha value is -1.36. The molecule has 0 saturated heterocycles. The summed E-state index contributed by atoms with van der Waals surface area (Å²) in [5, 5.41) is 2.16. The average Bonchev–Trinajstić information content (AvgIpc) is 2.64. The van der Waals surface area contributed by atoms with Crippen molar-refractivity contribution in [1.29, 1.82) is 0 Å². The SMILES string of the molecule is CC1=CCCN(C(=O)c2csc(N)n2)C1. The average molecular weight is 223 g/mol. The molecule has 2 N–H and O–H groups in total. The van der Waals surface area contributed by atoms with Gasteiger partial charge in [0.25, 0.3) is 5.91 Å². The monoisotopic (exact) mass is 223 g/mol. The molecule has 2 heterocycles. The van der Waals surface area contributed by atoms with Crippen LogP contribution in [0, 0.1) is 0 Å². The number of carbonyl (C=O) groups is 1. The maximum atomic E-state index is 11.9. The fraction of sp³-hybridized carbons (Fsp3) is 0.400. The molecule has 0 saturated carbocycles. The molecule has 0 atom stereocenters. The van der Waals surface area contributed by atoms with Gasteiger partial charge in [-0.3, -0.25) is 4.79 Å². The normalized spacial score (nSPS) is 16.3. The molecule has 1 aliphatic heterocycles. The van der Waals surface area contributed by atoms with Crippen molar-refractivity contribution in [1.82, 2.24) is 9.88 Å². The third-order valence-electron chi connectivity index (χ3n) is 2.36. The van der Waals surface area contributed by atoms with Crippen LogP contribution in [0.25, 0.3) is 0 Å². The predicted molar refractivity (Wildman–Crippen MR) is 60.8 cm³/mol. The molecule has 1 amide bonds. The summed E-state index contributed by atoms with van der Waals surface area (Å²) in [6.45, 7) is 3.51. The van der Waals surface area contributed by atoms with Crippen LogP contribution in [0.5, 0.6) is 0 Å². The first-order valence-electron chi connectivity index (χ1n) is 4.83. The molecule has 0 aromatic carbocycles. The fourth-order valence-corrected chi connectivity index (χ4v) is 2.17. The maximum absolute atomic E-state index is 11.9. The largest absolute Gasteiger partial charge is 0.375 e. The van der Waals surface area contributed by atoms with E-state index in [0.29, 0.717) is 17.4 Å². The van der Waals surface area contributed by atoms with Crippen LogP contribution >= 0.6 is 11.3 Å². The third-order valence-corrected chi connectivity index (χ3v) is 3.03. The Kier molecular flexibility index (Phi) is 2.73. The van der Waals surface area contributed by atoms with Crippen LogP contribution in [0.4, 0.5) is 5.13 Å². The van der Waals surface area contributed by atoms with Crippen molar-refractivity contribution in [2.75, 3.05) is 18.8 Å². The Labute approximate surface area is 92.4 Å². The van der Waals surface area contributed by atoms with Crippen LogP contribution in [0.2, 0.25) is 0 Å². The molecular formula is C10H13N3OS. The highest BCUT2D eigenvalue weighted by Crippen LogP contribution is 2.16. The van der Waals surface area contributed by atoms with Crippen LogP contribution in [-0.4, -0.2) is 28.9 Å². The minimum absolute atomic E-state index is 0.0181. The topological polar surface area (TPSA) is 59.2 Å². The zero-order chi connectivity index (χ0) is 10.8. The van der Waals surface area contributed by atoms with Gasteiger partial charge >= 0.3 is 0 Å². The van der Waals surface area contributed by atoms with Gasteiger partial charge in [0.1, 0.15) is 5.69 Å². The predicted octanol–water partition coefficient (Wildman–Crippen LogP) is 1.52. The molecule has 0 unspecified atom stereocenters. The standard InChI is InChI=1S/C10H13N3OS/c1-7-3-2-4-13(5-7)9(14)8-6-15-10(11)12-8/h3,6H,2,4-5H2,1H3,(H2,11,12). The second kappa shape index (κ2) is 4.02. The number of carbonyl (C=O) groups excluding carboxylic acids is 1. The van der Waals surface area contributed by atoms with E-state index in [4.69, 9.17) is 5.73 Å². The summed E-state index contributed by atoms with van der Waals surface area (Å²) in [4.78, 5) is 17.8. The molecule has 2 rings (SSSR count). The first-order valence-corrected chi connectivity index (χ1v) is 5.70. The van der Waals surface area contributed by atoms with E-state index in [0.717, 1.165) is 13.0 Å². The van der Waals surface area contributed by atoms with Gasteiger partial charge < -0.3 is 10.6 Å². The van der Waals surface area contributed by atoms with Crippen LogP contribution in [0.1, 0.15) is 23.8 Å².